The van der Waals surface area contributed by atoms with Crippen LogP contribution in [0.4, 0.5) is 0 Å². The Morgan fingerprint density at radius 3 is 2.56 bits per heavy atom. The molecule has 1 fully saturated rings. The largest absolute Gasteiger partial charge is 0.0998 e. The summed E-state index contributed by atoms with van der Waals surface area (Å²) in [5.41, 5.74) is 3.02. The van der Waals surface area contributed by atoms with Gasteiger partial charge in [-0.05, 0) is 57.3 Å². The molecule has 0 aromatic carbocycles. The standard InChI is InChI=1S/C14H22.C2H6/c1-10(2)13-6-4-5-12-8-7-11(3)9-14(12)13;1-2/h9,12-14H,1,4-8H2,2-3H3;1-2H3. The summed E-state index contributed by atoms with van der Waals surface area (Å²) in [5, 5.41) is 0. The van der Waals surface area contributed by atoms with Crippen LogP contribution in [0.15, 0.2) is 23.8 Å². The summed E-state index contributed by atoms with van der Waals surface area (Å²) in [6.07, 6.45) is 9.57. The maximum atomic E-state index is 4.17. The lowest BCUT2D eigenvalue weighted by molar-refractivity contribution is 0.199. The SMILES string of the molecule is C=C(C)C1CCCC2CCC(C)=CC21.CC. The third-order valence-corrected chi connectivity index (χ3v) is 4.12. The van der Waals surface area contributed by atoms with E-state index in [0.29, 0.717) is 0 Å². The molecule has 16 heavy (non-hydrogen) atoms. The van der Waals surface area contributed by atoms with Crippen molar-refractivity contribution in [1.82, 2.24) is 0 Å². The average molecular weight is 220 g/mol. The van der Waals surface area contributed by atoms with Crippen LogP contribution < -0.4 is 0 Å². The van der Waals surface area contributed by atoms with Gasteiger partial charge < -0.3 is 0 Å². The van der Waals surface area contributed by atoms with Gasteiger partial charge in [0, 0.05) is 0 Å². The Balaban J connectivity index is 0.000000606. The molecule has 0 heterocycles. The van der Waals surface area contributed by atoms with E-state index >= 15 is 0 Å². The van der Waals surface area contributed by atoms with Crippen molar-refractivity contribution in [1.29, 1.82) is 0 Å². The normalized spacial score (nSPS) is 33.0. The fraction of sp³-hybridized carbons (Fsp3) is 0.750. The van der Waals surface area contributed by atoms with Gasteiger partial charge >= 0.3 is 0 Å². The van der Waals surface area contributed by atoms with Gasteiger partial charge in [0.05, 0.1) is 0 Å². The second-order valence-corrected chi connectivity index (χ2v) is 5.27. The molecule has 0 heteroatoms. The van der Waals surface area contributed by atoms with Gasteiger partial charge in [-0.15, -0.1) is 0 Å². The van der Waals surface area contributed by atoms with Gasteiger partial charge in [0.15, 0.2) is 0 Å². The van der Waals surface area contributed by atoms with E-state index in [1.165, 1.54) is 37.7 Å². The predicted molar refractivity (Wildman–Crippen MR) is 73.5 cm³/mol. The van der Waals surface area contributed by atoms with E-state index in [1.807, 2.05) is 13.8 Å². The number of fused-ring (bicyclic) bond motifs is 1. The Morgan fingerprint density at radius 1 is 1.25 bits per heavy atom. The minimum absolute atomic E-state index is 0.781. The third kappa shape index (κ3) is 2.99. The van der Waals surface area contributed by atoms with Crippen LogP contribution >= 0.6 is 0 Å². The highest BCUT2D eigenvalue weighted by Crippen LogP contribution is 2.44. The summed E-state index contributed by atoms with van der Waals surface area (Å²) < 4.78 is 0. The van der Waals surface area contributed by atoms with Crippen molar-refractivity contribution in [3.63, 3.8) is 0 Å². The van der Waals surface area contributed by atoms with E-state index in [2.05, 4.69) is 26.5 Å². The molecule has 92 valence electrons. The van der Waals surface area contributed by atoms with Crippen LogP contribution in [0.2, 0.25) is 0 Å². The molecule has 0 amide bonds. The summed E-state index contributed by atoms with van der Waals surface area (Å²) >= 11 is 0. The van der Waals surface area contributed by atoms with Crippen LogP contribution in [0.3, 0.4) is 0 Å². The zero-order valence-electron chi connectivity index (χ0n) is 11.6. The fourth-order valence-electron chi connectivity index (χ4n) is 3.30. The van der Waals surface area contributed by atoms with E-state index in [0.717, 1.165) is 17.8 Å². The van der Waals surface area contributed by atoms with Crippen LogP contribution in [0.5, 0.6) is 0 Å². The molecule has 0 N–H and O–H groups in total. The first-order valence-electron chi connectivity index (χ1n) is 7.01. The van der Waals surface area contributed by atoms with Crippen LogP contribution in [-0.2, 0) is 0 Å². The van der Waals surface area contributed by atoms with Gasteiger partial charge in [0.2, 0.25) is 0 Å². The van der Waals surface area contributed by atoms with Crippen molar-refractivity contribution >= 4 is 0 Å². The van der Waals surface area contributed by atoms with Gasteiger partial charge in [-0.1, -0.05) is 44.1 Å². The lowest BCUT2D eigenvalue weighted by atomic mass is 9.65. The molecule has 0 aromatic heterocycles. The van der Waals surface area contributed by atoms with Crippen LogP contribution in [0.25, 0.3) is 0 Å². The second kappa shape index (κ2) is 6.27. The first-order valence-corrected chi connectivity index (χ1v) is 7.01. The zero-order valence-corrected chi connectivity index (χ0v) is 11.6. The highest BCUT2D eigenvalue weighted by Gasteiger charge is 2.33. The highest BCUT2D eigenvalue weighted by atomic mass is 14.4. The first kappa shape index (κ1) is 13.5. The van der Waals surface area contributed by atoms with Gasteiger partial charge in [0.25, 0.3) is 0 Å². The van der Waals surface area contributed by atoms with E-state index in [4.69, 9.17) is 0 Å². The number of allylic oxidation sites excluding steroid dienone is 3. The average Bonchev–Trinajstić information content (AvgIpc) is 2.30. The van der Waals surface area contributed by atoms with Crippen molar-refractivity contribution in [3.8, 4) is 0 Å². The Bertz CT molecular complexity index is 259. The summed E-state index contributed by atoms with van der Waals surface area (Å²) in [7, 11) is 0. The molecule has 3 atom stereocenters. The summed E-state index contributed by atoms with van der Waals surface area (Å²) in [5.74, 6) is 2.58. The van der Waals surface area contributed by atoms with Crippen LogP contribution in [0, 0.1) is 17.8 Å². The summed E-state index contributed by atoms with van der Waals surface area (Å²) in [6, 6.07) is 0. The van der Waals surface area contributed by atoms with Crippen LogP contribution in [-0.4, -0.2) is 0 Å². The Labute approximate surface area is 102 Å². The Hall–Kier alpha value is -0.520. The van der Waals surface area contributed by atoms with Gasteiger partial charge in [-0.2, -0.15) is 0 Å². The molecule has 2 aliphatic rings. The van der Waals surface area contributed by atoms with E-state index < -0.39 is 0 Å². The van der Waals surface area contributed by atoms with Crippen molar-refractivity contribution in [3.05, 3.63) is 23.8 Å². The summed E-state index contributed by atoms with van der Waals surface area (Å²) in [4.78, 5) is 0. The molecule has 0 radical (unpaired) electrons. The molecule has 0 aliphatic heterocycles. The number of rotatable bonds is 1. The van der Waals surface area contributed by atoms with E-state index in [-0.39, 0.29) is 0 Å². The van der Waals surface area contributed by atoms with Crippen molar-refractivity contribution < 1.29 is 0 Å². The predicted octanol–water partition coefficient (Wildman–Crippen LogP) is 5.36. The molecule has 0 saturated heterocycles. The monoisotopic (exact) mass is 220 g/mol. The quantitative estimate of drug-likeness (QED) is 0.522. The van der Waals surface area contributed by atoms with Gasteiger partial charge in [-0.25, -0.2) is 0 Å². The zero-order chi connectivity index (χ0) is 12.1. The third-order valence-electron chi connectivity index (χ3n) is 4.12. The lowest BCUT2D eigenvalue weighted by Crippen LogP contribution is -2.29. The Kier molecular flexibility index (Phi) is 5.31. The summed E-state index contributed by atoms with van der Waals surface area (Å²) in [6.45, 7) is 12.7. The second-order valence-electron chi connectivity index (χ2n) is 5.27. The van der Waals surface area contributed by atoms with Crippen LogP contribution in [0.1, 0.15) is 59.8 Å². The molecule has 2 aliphatic carbocycles. The molecule has 0 spiro atoms. The molecule has 3 unspecified atom stereocenters. The minimum Gasteiger partial charge on any atom is -0.0998 e. The number of hydrogen-bond donors (Lipinski definition) is 0. The molecule has 0 aromatic rings. The maximum absolute atomic E-state index is 4.17. The van der Waals surface area contributed by atoms with Crippen molar-refractivity contribution in [2.75, 3.05) is 0 Å². The molecule has 2 rings (SSSR count). The maximum Gasteiger partial charge on any atom is -0.0137 e. The van der Waals surface area contributed by atoms with Crippen molar-refractivity contribution in [2.45, 2.75) is 59.8 Å². The fourth-order valence-corrected chi connectivity index (χ4v) is 3.30. The van der Waals surface area contributed by atoms with E-state index in [1.54, 1.807) is 5.57 Å². The van der Waals surface area contributed by atoms with Gasteiger partial charge in [-0.3, -0.25) is 0 Å². The lowest BCUT2D eigenvalue weighted by Gasteiger charge is -2.40. The van der Waals surface area contributed by atoms with Gasteiger partial charge in [0.1, 0.15) is 0 Å². The smallest absolute Gasteiger partial charge is 0.0137 e. The molecular weight excluding hydrogens is 192 g/mol. The molecule has 0 nitrogen and oxygen atoms in total. The number of hydrogen-bond acceptors (Lipinski definition) is 0. The topological polar surface area (TPSA) is 0 Å². The minimum atomic E-state index is 0.781. The highest BCUT2D eigenvalue weighted by molar-refractivity contribution is 5.14. The van der Waals surface area contributed by atoms with E-state index in [9.17, 15) is 0 Å². The Morgan fingerprint density at radius 2 is 1.94 bits per heavy atom. The molecule has 0 bridgehead atoms. The van der Waals surface area contributed by atoms with Crippen molar-refractivity contribution in [2.24, 2.45) is 17.8 Å². The first-order chi connectivity index (χ1) is 7.68. The molecule has 1 saturated carbocycles. The molecular formula is C16H28.